The van der Waals surface area contributed by atoms with E-state index in [2.05, 4.69) is 20.6 Å². The monoisotopic (exact) mass is 292 g/mol. The standard InChI is InChI=1S/C12H19F3N4O/c1-3-6-20-7-4-5-17-10-8-9(12(13,14)15)18-11(16-2)19-10/h8H,3-7H2,1-2H3,(H2,16,17,18,19). The normalized spacial score (nSPS) is 11.4. The van der Waals surface area contributed by atoms with Gasteiger partial charge < -0.3 is 15.4 Å². The van der Waals surface area contributed by atoms with Crippen LogP contribution in [0.25, 0.3) is 0 Å². The summed E-state index contributed by atoms with van der Waals surface area (Å²) in [5.74, 6) is 0.0803. The molecule has 5 nitrogen and oxygen atoms in total. The van der Waals surface area contributed by atoms with Gasteiger partial charge in [0.05, 0.1) is 0 Å². The van der Waals surface area contributed by atoms with Crippen molar-refractivity contribution in [3.05, 3.63) is 11.8 Å². The summed E-state index contributed by atoms with van der Waals surface area (Å²) in [5, 5.41) is 5.35. The lowest BCUT2D eigenvalue weighted by atomic mass is 10.3. The first kappa shape index (κ1) is 16.5. The Hall–Kier alpha value is -1.57. The van der Waals surface area contributed by atoms with Crippen LogP contribution in [0.4, 0.5) is 24.9 Å². The Bertz CT molecular complexity index is 412. The van der Waals surface area contributed by atoms with Crippen LogP contribution in [0.5, 0.6) is 0 Å². The molecule has 0 saturated carbocycles. The molecule has 1 aromatic rings. The van der Waals surface area contributed by atoms with Gasteiger partial charge in [0.25, 0.3) is 0 Å². The van der Waals surface area contributed by atoms with Gasteiger partial charge in [0, 0.05) is 32.9 Å². The van der Waals surface area contributed by atoms with Crippen molar-refractivity contribution in [2.24, 2.45) is 0 Å². The number of hydrogen-bond acceptors (Lipinski definition) is 5. The van der Waals surface area contributed by atoms with E-state index in [1.54, 1.807) is 0 Å². The van der Waals surface area contributed by atoms with Crippen molar-refractivity contribution in [1.29, 1.82) is 0 Å². The minimum absolute atomic E-state index is 0.0652. The second-order valence-electron chi connectivity index (χ2n) is 4.10. The van der Waals surface area contributed by atoms with E-state index in [0.29, 0.717) is 26.2 Å². The van der Waals surface area contributed by atoms with E-state index in [0.717, 1.165) is 12.5 Å². The predicted octanol–water partition coefficient (Wildman–Crippen LogP) is 2.77. The second kappa shape index (κ2) is 7.88. The van der Waals surface area contributed by atoms with E-state index in [1.165, 1.54) is 7.05 Å². The lowest BCUT2D eigenvalue weighted by Crippen LogP contribution is -2.14. The lowest BCUT2D eigenvalue weighted by Gasteiger charge is -2.11. The first-order chi connectivity index (χ1) is 9.47. The number of anilines is 2. The minimum atomic E-state index is -4.49. The number of alkyl halides is 3. The first-order valence-electron chi connectivity index (χ1n) is 6.43. The molecule has 0 amide bonds. The number of nitrogens with zero attached hydrogens (tertiary/aromatic N) is 2. The van der Waals surface area contributed by atoms with Gasteiger partial charge in [-0.2, -0.15) is 18.2 Å². The van der Waals surface area contributed by atoms with Gasteiger partial charge in [0.15, 0.2) is 5.69 Å². The molecule has 114 valence electrons. The topological polar surface area (TPSA) is 59.1 Å². The van der Waals surface area contributed by atoms with Gasteiger partial charge in [-0.1, -0.05) is 6.92 Å². The molecule has 20 heavy (non-hydrogen) atoms. The van der Waals surface area contributed by atoms with E-state index in [-0.39, 0.29) is 11.8 Å². The van der Waals surface area contributed by atoms with Crippen LogP contribution in [0, 0.1) is 0 Å². The van der Waals surface area contributed by atoms with E-state index >= 15 is 0 Å². The maximum atomic E-state index is 12.6. The number of ether oxygens (including phenoxy) is 1. The van der Waals surface area contributed by atoms with Gasteiger partial charge in [-0.15, -0.1) is 0 Å². The Morgan fingerprint density at radius 3 is 2.60 bits per heavy atom. The number of nitrogens with one attached hydrogen (secondary N) is 2. The highest BCUT2D eigenvalue weighted by Gasteiger charge is 2.33. The molecule has 0 radical (unpaired) electrons. The largest absolute Gasteiger partial charge is 0.433 e. The van der Waals surface area contributed by atoms with E-state index in [1.807, 2.05) is 6.92 Å². The molecule has 0 aliphatic heterocycles. The molecular weight excluding hydrogens is 273 g/mol. The zero-order valence-corrected chi connectivity index (χ0v) is 11.5. The summed E-state index contributed by atoms with van der Waals surface area (Å²) < 4.78 is 43.2. The van der Waals surface area contributed by atoms with Crippen molar-refractivity contribution in [3.63, 3.8) is 0 Å². The van der Waals surface area contributed by atoms with Gasteiger partial charge in [0.1, 0.15) is 5.82 Å². The highest BCUT2D eigenvalue weighted by atomic mass is 19.4. The molecule has 0 atom stereocenters. The molecule has 0 aromatic carbocycles. The molecule has 1 aromatic heterocycles. The highest BCUT2D eigenvalue weighted by molar-refractivity contribution is 5.42. The molecule has 0 spiro atoms. The van der Waals surface area contributed by atoms with Crippen LogP contribution >= 0.6 is 0 Å². The van der Waals surface area contributed by atoms with Crippen LogP contribution < -0.4 is 10.6 Å². The highest BCUT2D eigenvalue weighted by Crippen LogP contribution is 2.29. The number of hydrogen-bond donors (Lipinski definition) is 2. The number of rotatable bonds is 8. The van der Waals surface area contributed by atoms with Crippen LogP contribution in [0.2, 0.25) is 0 Å². The molecule has 0 saturated heterocycles. The Morgan fingerprint density at radius 2 is 2.00 bits per heavy atom. The number of aromatic nitrogens is 2. The fourth-order valence-corrected chi connectivity index (χ4v) is 1.43. The van der Waals surface area contributed by atoms with Crippen molar-refractivity contribution in [2.75, 3.05) is 37.4 Å². The predicted molar refractivity (Wildman–Crippen MR) is 70.8 cm³/mol. The quantitative estimate of drug-likeness (QED) is 0.722. The summed E-state index contributed by atoms with van der Waals surface area (Å²) in [5.41, 5.74) is -0.971. The summed E-state index contributed by atoms with van der Waals surface area (Å²) in [6, 6.07) is 0.897. The lowest BCUT2D eigenvalue weighted by molar-refractivity contribution is -0.141. The SMILES string of the molecule is CCCOCCCNc1cc(C(F)(F)F)nc(NC)n1. The molecule has 0 unspecified atom stereocenters. The van der Waals surface area contributed by atoms with Gasteiger partial charge in [-0.05, 0) is 12.8 Å². The van der Waals surface area contributed by atoms with Gasteiger partial charge in [-0.25, -0.2) is 4.98 Å². The van der Waals surface area contributed by atoms with Crippen LogP contribution in [0.3, 0.4) is 0 Å². The van der Waals surface area contributed by atoms with Crippen LogP contribution in [-0.4, -0.2) is 36.8 Å². The summed E-state index contributed by atoms with van der Waals surface area (Å²) in [6.07, 6.45) is -2.85. The Kier molecular flexibility index (Phi) is 6.50. The average molecular weight is 292 g/mol. The first-order valence-corrected chi connectivity index (χ1v) is 6.43. The number of halogens is 3. The Labute approximate surface area is 116 Å². The maximum Gasteiger partial charge on any atom is 0.433 e. The van der Waals surface area contributed by atoms with Gasteiger partial charge >= 0.3 is 6.18 Å². The van der Waals surface area contributed by atoms with Crippen LogP contribution in [0.1, 0.15) is 25.5 Å². The molecule has 1 heterocycles. The Morgan fingerprint density at radius 1 is 1.25 bits per heavy atom. The molecule has 0 bridgehead atoms. The summed E-state index contributed by atoms with van der Waals surface area (Å²) in [7, 11) is 1.47. The molecule has 0 aliphatic rings. The van der Waals surface area contributed by atoms with Crippen LogP contribution in [0.15, 0.2) is 6.07 Å². The second-order valence-corrected chi connectivity index (χ2v) is 4.10. The summed E-state index contributed by atoms with van der Waals surface area (Å²) in [4.78, 5) is 7.31. The average Bonchev–Trinajstić information content (AvgIpc) is 2.41. The van der Waals surface area contributed by atoms with Crippen molar-refractivity contribution < 1.29 is 17.9 Å². The van der Waals surface area contributed by atoms with E-state index < -0.39 is 11.9 Å². The molecule has 0 fully saturated rings. The molecule has 1 rings (SSSR count). The fourth-order valence-electron chi connectivity index (χ4n) is 1.43. The van der Waals surface area contributed by atoms with Crippen molar-refractivity contribution in [2.45, 2.75) is 25.9 Å². The van der Waals surface area contributed by atoms with Crippen molar-refractivity contribution >= 4 is 11.8 Å². The third-order valence-corrected chi connectivity index (χ3v) is 2.36. The summed E-state index contributed by atoms with van der Waals surface area (Å²) >= 11 is 0. The fraction of sp³-hybridized carbons (Fsp3) is 0.667. The molecule has 0 aliphatic carbocycles. The van der Waals surface area contributed by atoms with Crippen molar-refractivity contribution in [3.8, 4) is 0 Å². The van der Waals surface area contributed by atoms with Gasteiger partial charge in [-0.3, -0.25) is 0 Å². The molecule has 8 heteroatoms. The Balaban J connectivity index is 2.56. The summed E-state index contributed by atoms with van der Waals surface area (Å²) in [6.45, 7) is 3.75. The third-order valence-electron chi connectivity index (χ3n) is 2.36. The maximum absolute atomic E-state index is 12.6. The smallest absolute Gasteiger partial charge is 0.381 e. The van der Waals surface area contributed by atoms with E-state index in [9.17, 15) is 13.2 Å². The zero-order chi connectivity index (χ0) is 15.0. The van der Waals surface area contributed by atoms with Crippen molar-refractivity contribution in [1.82, 2.24) is 9.97 Å². The zero-order valence-electron chi connectivity index (χ0n) is 11.5. The van der Waals surface area contributed by atoms with Gasteiger partial charge in [0.2, 0.25) is 5.95 Å². The molecular formula is C12H19F3N4O. The van der Waals surface area contributed by atoms with E-state index in [4.69, 9.17) is 4.74 Å². The van der Waals surface area contributed by atoms with Crippen LogP contribution in [-0.2, 0) is 10.9 Å². The third kappa shape index (κ3) is 5.60. The minimum Gasteiger partial charge on any atom is -0.381 e. The molecule has 2 N–H and O–H groups in total.